The predicted octanol–water partition coefficient (Wildman–Crippen LogP) is 0.499. The van der Waals surface area contributed by atoms with Crippen LogP contribution in [0.1, 0.15) is 43.6 Å². The first-order valence-electron chi connectivity index (χ1n) is 8.29. The molecule has 1 aliphatic heterocycles. The van der Waals surface area contributed by atoms with Crippen LogP contribution < -0.4 is 15.8 Å². The number of benzene rings is 1. The third-order valence-corrected chi connectivity index (χ3v) is 5.53. The maximum atomic E-state index is 11.9. The van der Waals surface area contributed by atoms with Crippen molar-refractivity contribution < 1.29 is 27.5 Å². The summed E-state index contributed by atoms with van der Waals surface area (Å²) in [6, 6.07) is 5.41. The molecule has 0 aliphatic carbocycles. The Bertz CT molecular complexity index is 842. The van der Waals surface area contributed by atoms with Crippen LogP contribution in [0.2, 0.25) is 0 Å². The van der Waals surface area contributed by atoms with E-state index < -0.39 is 44.8 Å². The van der Waals surface area contributed by atoms with Crippen molar-refractivity contribution in [2.24, 2.45) is 5.73 Å². The van der Waals surface area contributed by atoms with Crippen LogP contribution in [-0.4, -0.2) is 38.0 Å². The average Bonchev–Trinajstić information content (AvgIpc) is 2.78. The molecule has 2 rings (SSSR count). The number of nitrogens with one attached hydrogen (secondary N) is 2. The maximum Gasteiger partial charge on any atom is 0.408 e. The van der Waals surface area contributed by atoms with E-state index in [1.165, 1.54) is 0 Å². The Morgan fingerprint density at radius 3 is 2.33 bits per heavy atom. The lowest BCUT2D eigenvalue weighted by Crippen LogP contribution is -2.47. The molecule has 2 atom stereocenters. The molecule has 0 aromatic heterocycles. The van der Waals surface area contributed by atoms with Gasteiger partial charge in [0.1, 0.15) is 16.9 Å². The molecule has 3 amide bonds. The zero-order chi connectivity index (χ0) is 20.4. The second kappa shape index (κ2) is 7.55. The number of rotatable bonds is 5. The summed E-state index contributed by atoms with van der Waals surface area (Å²) in [5, 5.41) is 1.48. The normalized spacial score (nSPS) is 19.8. The molecule has 1 unspecified atom stereocenters. The molecule has 0 radical (unpaired) electrons. The van der Waals surface area contributed by atoms with E-state index in [4.69, 9.17) is 10.5 Å². The summed E-state index contributed by atoms with van der Waals surface area (Å²) >= 11 is 0. The average molecular weight is 397 g/mol. The molecule has 1 aromatic carbocycles. The largest absolute Gasteiger partial charge is 0.444 e. The number of ether oxygens (including phenoxy) is 1. The Labute approximate surface area is 157 Å². The van der Waals surface area contributed by atoms with Gasteiger partial charge in [-0.05, 0) is 31.9 Å². The molecule has 4 N–H and O–H groups in total. The highest BCUT2D eigenvalue weighted by atomic mass is 32.2. The third-order valence-electron chi connectivity index (χ3n) is 3.83. The predicted molar refractivity (Wildman–Crippen MR) is 96.9 cm³/mol. The fourth-order valence-corrected chi connectivity index (χ4v) is 4.05. The highest BCUT2D eigenvalue weighted by molar-refractivity contribution is 7.90. The van der Waals surface area contributed by atoms with Crippen molar-refractivity contribution in [3.05, 3.63) is 35.4 Å². The van der Waals surface area contributed by atoms with Crippen molar-refractivity contribution in [1.29, 1.82) is 0 Å². The van der Waals surface area contributed by atoms with E-state index in [0.29, 0.717) is 11.1 Å². The van der Waals surface area contributed by atoms with E-state index in [1.54, 1.807) is 45.0 Å². The number of carbonyl (C=O) groups excluding carboxylic acids is 3. The van der Waals surface area contributed by atoms with E-state index in [-0.39, 0.29) is 12.8 Å². The maximum absolute atomic E-state index is 11.9. The summed E-state index contributed by atoms with van der Waals surface area (Å²) in [5.41, 5.74) is 5.75. The lowest BCUT2D eigenvalue weighted by molar-refractivity contribution is -0.120. The number of carbonyl (C=O) groups is 3. The molecule has 0 saturated carbocycles. The van der Waals surface area contributed by atoms with Crippen LogP contribution in [0.15, 0.2) is 24.3 Å². The first kappa shape index (κ1) is 20.7. The van der Waals surface area contributed by atoms with Crippen molar-refractivity contribution in [2.75, 3.05) is 0 Å². The van der Waals surface area contributed by atoms with Gasteiger partial charge in [-0.25, -0.2) is 13.2 Å². The second-order valence-electron chi connectivity index (χ2n) is 7.31. The summed E-state index contributed by atoms with van der Waals surface area (Å²) in [4.78, 5) is 34.8. The van der Waals surface area contributed by atoms with E-state index in [1.807, 2.05) is 4.72 Å². The van der Waals surface area contributed by atoms with E-state index in [2.05, 4.69) is 5.32 Å². The summed E-state index contributed by atoms with van der Waals surface area (Å²) in [6.07, 6.45) is -0.778. The van der Waals surface area contributed by atoms with Crippen molar-refractivity contribution in [1.82, 2.24) is 10.0 Å². The molecule has 1 heterocycles. The van der Waals surface area contributed by atoms with Crippen LogP contribution in [0, 0.1) is 0 Å². The lowest BCUT2D eigenvalue weighted by Gasteiger charge is -2.22. The quantitative estimate of drug-likeness (QED) is 0.660. The van der Waals surface area contributed by atoms with E-state index in [0.717, 1.165) is 0 Å². The van der Waals surface area contributed by atoms with Gasteiger partial charge in [0.15, 0.2) is 0 Å². The zero-order valence-corrected chi connectivity index (χ0v) is 16.1. The number of hydrogen-bond acceptors (Lipinski definition) is 6. The minimum absolute atomic E-state index is 0.115. The molecule has 10 heteroatoms. The van der Waals surface area contributed by atoms with Gasteiger partial charge in [0.2, 0.25) is 21.8 Å². The molecule has 148 valence electrons. The van der Waals surface area contributed by atoms with Crippen LogP contribution in [0.3, 0.4) is 0 Å². The van der Waals surface area contributed by atoms with Gasteiger partial charge < -0.3 is 15.8 Å². The molecule has 27 heavy (non-hydrogen) atoms. The highest BCUT2D eigenvalue weighted by Crippen LogP contribution is 2.30. The molecule has 1 aliphatic rings. The molecule has 9 nitrogen and oxygen atoms in total. The number of hydrogen-bond donors (Lipinski definition) is 3. The smallest absolute Gasteiger partial charge is 0.408 e. The van der Waals surface area contributed by atoms with Gasteiger partial charge in [0.25, 0.3) is 0 Å². The van der Waals surface area contributed by atoms with Crippen LogP contribution in [0.4, 0.5) is 4.79 Å². The van der Waals surface area contributed by atoms with Crippen LogP contribution >= 0.6 is 0 Å². The number of amides is 3. The van der Waals surface area contributed by atoms with Crippen LogP contribution in [0.5, 0.6) is 0 Å². The second-order valence-corrected chi connectivity index (χ2v) is 9.17. The third kappa shape index (κ3) is 5.68. The van der Waals surface area contributed by atoms with E-state index in [9.17, 15) is 22.8 Å². The lowest BCUT2D eigenvalue weighted by atomic mass is 10.0. The SMILES string of the molecule is CC(C)(C)OC(=O)N[C@@H](Cc1ccc(C2CC(=O)NS2(=O)=O)cc1)C(N)=O. The van der Waals surface area contributed by atoms with Gasteiger partial charge in [-0.15, -0.1) is 0 Å². The van der Waals surface area contributed by atoms with Gasteiger partial charge >= 0.3 is 6.09 Å². The molecule has 0 bridgehead atoms. The Balaban J connectivity index is 2.08. The topological polar surface area (TPSA) is 145 Å². The van der Waals surface area contributed by atoms with Gasteiger partial charge in [0.05, 0.1) is 6.42 Å². The fraction of sp³-hybridized carbons (Fsp3) is 0.471. The van der Waals surface area contributed by atoms with Crippen LogP contribution in [0.25, 0.3) is 0 Å². The summed E-state index contributed by atoms with van der Waals surface area (Å²) in [5.74, 6) is -1.27. The van der Waals surface area contributed by atoms with Gasteiger partial charge in [0, 0.05) is 6.42 Å². The standard InChI is InChI=1S/C17H23N3O6S/c1-17(2,3)26-16(23)19-12(15(18)22)8-10-4-6-11(7-5-10)13-9-14(21)20-27(13,24)25/h4-7,12-13H,8-9H2,1-3H3,(H2,18,22)(H,19,23)(H,20,21)/t12-,13?/m0/s1. The van der Waals surface area contributed by atoms with Crippen LogP contribution in [-0.2, 0) is 30.8 Å². The monoisotopic (exact) mass is 397 g/mol. The molecular formula is C17H23N3O6S. The van der Waals surface area contributed by atoms with Crippen molar-refractivity contribution in [2.45, 2.75) is 50.5 Å². The first-order chi connectivity index (χ1) is 12.4. The summed E-state index contributed by atoms with van der Waals surface area (Å²) < 4.78 is 30.9. The molecule has 1 fully saturated rings. The Morgan fingerprint density at radius 2 is 1.89 bits per heavy atom. The van der Waals surface area contributed by atoms with Gasteiger partial charge in [-0.2, -0.15) is 0 Å². The summed E-state index contributed by atoms with van der Waals surface area (Å²) in [6.45, 7) is 5.09. The zero-order valence-electron chi connectivity index (χ0n) is 15.3. The Morgan fingerprint density at radius 1 is 1.30 bits per heavy atom. The van der Waals surface area contributed by atoms with Crippen molar-refractivity contribution >= 4 is 27.9 Å². The number of alkyl carbamates (subject to hydrolysis) is 1. The molecule has 1 saturated heterocycles. The number of sulfonamides is 1. The molecule has 1 aromatic rings. The summed E-state index contributed by atoms with van der Waals surface area (Å²) in [7, 11) is -3.72. The number of primary amides is 1. The van der Waals surface area contributed by atoms with Gasteiger partial charge in [-0.3, -0.25) is 14.3 Å². The first-order valence-corrected chi connectivity index (χ1v) is 9.84. The Kier molecular flexibility index (Phi) is 5.79. The molecular weight excluding hydrogens is 374 g/mol. The minimum atomic E-state index is -3.72. The van der Waals surface area contributed by atoms with Crippen molar-refractivity contribution in [3.8, 4) is 0 Å². The highest BCUT2D eigenvalue weighted by Gasteiger charge is 2.37. The minimum Gasteiger partial charge on any atom is -0.444 e. The fourth-order valence-electron chi connectivity index (χ4n) is 2.62. The number of nitrogens with two attached hydrogens (primary N) is 1. The van der Waals surface area contributed by atoms with E-state index >= 15 is 0 Å². The van der Waals surface area contributed by atoms with Gasteiger partial charge in [-0.1, -0.05) is 24.3 Å². The van der Waals surface area contributed by atoms with Crippen molar-refractivity contribution in [3.63, 3.8) is 0 Å². The molecule has 0 spiro atoms. The Hall–Kier alpha value is -2.62.